The lowest BCUT2D eigenvalue weighted by Gasteiger charge is -2.19. The second-order valence-electron chi connectivity index (χ2n) is 5.99. The Morgan fingerprint density at radius 2 is 2.00 bits per heavy atom. The van der Waals surface area contributed by atoms with Gasteiger partial charge in [-0.3, -0.25) is 0 Å². The van der Waals surface area contributed by atoms with Crippen LogP contribution in [0.5, 0.6) is 0 Å². The van der Waals surface area contributed by atoms with Crippen LogP contribution in [-0.4, -0.2) is 25.3 Å². The number of hydrogen-bond donors (Lipinski definition) is 2. The van der Waals surface area contributed by atoms with Gasteiger partial charge in [0.15, 0.2) is 0 Å². The first kappa shape index (κ1) is 15.1. The summed E-state index contributed by atoms with van der Waals surface area (Å²) in [7, 11) is 2.15. The van der Waals surface area contributed by atoms with Crippen molar-refractivity contribution in [2.24, 2.45) is 0 Å². The Kier molecular flexibility index (Phi) is 4.76. The first-order chi connectivity index (χ1) is 10.8. The zero-order valence-electron chi connectivity index (χ0n) is 13.1. The lowest BCUT2D eigenvalue weighted by molar-refractivity contribution is 0.265. The van der Waals surface area contributed by atoms with Gasteiger partial charge in [-0.1, -0.05) is 42.5 Å². The first-order valence-corrected chi connectivity index (χ1v) is 8.00. The maximum Gasteiger partial charge on any atom is 0.0449 e. The summed E-state index contributed by atoms with van der Waals surface area (Å²) in [6.07, 6.45) is 1.87. The fraction of sp³-hybridized carbons (Fsp3) is 0.368. The minimum atomic E-state index is 0.196. The molecule has 1 aliphatic heterocycles. The molecule has 0 fully saturated rings. The Balaban J connectivity index is 1.68. The van der Waals surface area contributed by atoms with Crippen molar-refractivity contribution in [3.8, 4) is 0 Å². The average molecular weight is 296 g/mol. The second kappa shape index (κ2) is 6.95. The molecule has 0 amide bonds. The molecule has 2 aromatic rings. The quantitative estimate of drug-likeness (QED) is 0.860. The summed E-state index contributed by atoms with van der Waals surface area (Å²) in [5, 5.41) is 12.9. The molecular weight excluding hydrogens is 272 g/mol. The van der Waals surface area contributed by atoms with E-state index >= 15 is 0 Å². The predicted molar refractivity (Wildman–Crippen MR) is 91.1 cm³/mol. The van der Waals surface area contributed by atoms with Crippen LogP contribution >= 0.6 is 0 Å². The van der Waals surface area contributed by atoms with Crippen LogP contribution in [0.4, 0.5) is 5.69 Å². The molecule has 3 heteroatoms. The molecule has 2 aromatic carbocycles. The van der Waals surface area contributed by atoms with Gasteiger partial charge in [0, 0.05) is 38.5 Å². The number of hydrogen-bond acceptors (Lipinski definition) is 3. The molecule has 0 saturated carbocycles. The Morgan fingerprint density at radius 3 is 2.77 bits per heavy atom. The summed E-state index contributed by atoms with van der Waals surface area (Å²) in [4.78, 5) is 2.31. The van der Waals surface area contributed by atoms with Crippen LogP contribution in [-0.2, 0) is 13.0 Å². The van der Waals surface area contributed by atoms with Crippen molar-refractivity contribution < 1.29 is 5.11 Å². The van der Waals surface area contributed by atoms with Crippen molar-refractivity contribution >= 4 is 5.69 Å². The molecule has 3 nitrogen and oxygen atoms in total. The SMILES string of the molecule is CN1CCc2cc(CN[C@H](CCO)c3ccccc3)ccc21. The number of rotatable bonds is 6. The fourth-order valence-corrected chi connectivity index (χ4v) is 3.17. The largest absolute Gasteiger partial charge is 0.396 e. The number of fused-ring (bicyclic) bond motifs is 1. The fourth-order valence-electron chi connectivity index (χ4n) is 3.17. The van der Waals surface area contributed by atoms with Crippen LogP contribution in [0.1, 0.15) is 29.2 Å². The van der Waals surface area contributed by atoms with Gasteiger partial charge in [0.25, 0.3) is 0 Å². The van der Waals surface area contributed by atoms with Crippen molar-refractivity contribution in [3.05, 3.63) is 65.2 Å². The molecule has 3 rings (SSSR count). The highest BCUT2D eigenvalue weighted by Crippen LogP contribution is 2.27. The van der Waals surface area contributed by atoms with Crippen LogP contribution in [0.25, 0.3) is 0 Å². The van der Waals surface area contributed by atoms with Crippen LogP contribution in [0, 0.1) is 0 Å². The first-order valence-electron chi connectivity index (χ1n) is 8.00. The van der Waals surface area contributed by atoms with E-state index in [1.807, 2.05) is 18.2 Å². The van der Waals surface area contributed by atoms with E-state index in [-0.39, 0.29) is 12.6 Å². The standard InChI is InChI=1S/C19H24N2O/c1-21-11-9-17-13-15(7-8-19(17)21)14-20-18(10-12-22)16-5-3-2-4-6-16/h2-8,13,18,20,22H,9-12,14H2,1H3/t18-/m1/s1. The van der Waals surface area contributed by atoms with Gasteiger partial charge in [0.2, 0.25) is 0 Å². The van der Waals surface area contributed by atoms with Gasteiger partial charge >= 0.3 is 0 Å². The van der Waals surface area contributed by atoms with E-state index in [9.17, 15) is 5.11 Å². The maximum absolute atomic E-state index is 9.31. The van der Waals surface area contributed by atoms with Crippen LogP contribution < -0.4 is 10.2 Å². The minimum absolute atomic E-state index is 0.196. The molecule has 0 bridgehead atoms. The number of anilines is 1. The van der Waals surface area contributed by atoms with Gasteiger partial charge < -0.3 is 15.3 Å². The molecule has 0 spiro atoms. The molecule has 2 N–H and O–H groups in total. The summed E-state index contributed by atoms with van der Waals surface area (Å²) in [5.74, 6) is 0. The number of nitrogens with zero attached hydrogens (tertiary/aromatic N) is 1. The predicted octanol–water partition coefficient (Wildman–Crippen LogP) is 2.89. The second-order valence-corrected chi connectivity index (χ2v) is 5.99. The lowest BCUT2D eigenvalue weighted by atomic mass is 10.0. The molecular formula is C19H24N2O. The topological polar surface area (TPSA) is 35.5 Å². The highest BCUT2D eigenvalue weighted by atomic mass is 16.3. The summed E-state index contributed by atoms with van der Waals surface area (Å²) < 4.78 is 0. The molecule has 0 radical (unpaired) electrons. The third-order valence-electron chi connectivity index (χ3n) is 4.44. The Hall–Kier alpha value is -1.84. The van der Waals surface area contributed by atoms with Gasteiger partial charge in [0.1, 0.15) is 0 Å². The number of aliphatic hydroxyl groups excluding tert-OH is 1. The van der Waals surface area contributed by atoms with E-state index < -0.39 is 0 Å². The number of aliphatic hydroxyl groups is 1. The highest BCUT2D eigenvalue weighted by molar-refractivity contribution is 5.58. The van der Waals surface area contributed by atoms with Crippen molar-refractivity contribution in [2.45, 2.75) is 25.4 Å². The molecule has 0 saturated heterocycles. The van der Waals surface area contributed by atoms with Crippen molar-refractivity contribution in [2.75, 3.05) is 25.1 Å². The van der Waals surface area contributed by atoms with E-state index in [2.05, 4.69) is 47.6 Å². The average Bonchev–Trinajstić information content (AvgIpc) is 2.93. The molecule has 1 aliphatic rings. The Morgan fingerprint density at radius 1 is 1.18 bits per heavy atom. The third kappa shape index (κ3) is 3.32. The molecule has 0 aromatic heterocycles. The van der Waals surface area contributed by atoms with Crippen LogP contribution in [0.15, 0.2) is 48.5 Å². The van der Waals surface area contributed by atoms with Gasteiger partial charge in [-0.05, 0) is 35.6 Å². The highest BCUT2D eigenvalue weighted by Gasteiger charge is 2.16. The molecule has 1 heterocycles. The summed E-state index contributed by atoms with van der Waals surface area (Å²) in [5.41, 5.74) is 5.35. The van der Waals surface area contributed by atoms with Gasteiger partial charge in [-0.15, -0.1) is 0 Å². The van der Waals surface area contributed by atoms with Gasteiger partial charge in [-0.25, -0.2) is 0 Å². The van der Waals surface area contributed by atoms with Gasteiger partial charge in [-0.2, -0.15) is 0 Å². The summed E-state index contributed by atoms with van der Waals surface area (Å²) >= 11 is 0. The maximum atomic E-state index is 9.31. The van der Waals surface area contributed by atoms with E-state index in [0.29, 0.717) is 0 Å². The van der Waals surface area contributed by atoms with E-state index in [1.165, 1.54) is 22.4 Å². The smallest absolute Gasteiger partial charge is 0.0449 e. The van der Waals surface area contributed by atoms with Crippen molar-refractivity contribution in [1.29, 1.82) is 0 Å². The number of likely N-dealkylation sites (N-methyl/N-ethyl adjacent to an activating group) is 1. The van der Waals surface area contributed by atoms with E-state index in [4.69, 9.17) is 0 Å². The van der Waals surface area contributed by atoms with Gasteiger partial charge in [0.05, 0.1) is 0 Å². The number of nitrogens with one attached hydrogen (secondary N) is 1. The zero-order chi connectivity index (χ0) is 15.4. The third-order valence-corrected chi connectivity index (χ3v) is 4.44. The normalized spacial score (nSPS) is 14.9. The summed E-state index contributed by atoms with van der Waals surface area (Å²) in [6.45, 7) is 2.14. The van der Waals surface area contributed by atoms with E-state index in [1.54, 1.807) is 0 Å². The van der Waals surface area contributed by atoms with Crippen LogP contribution in [0.2, 0.25) is 0 Å². The van der Waals surface area contributed by atoms with Crippen molar-refractivity contribution in [3.63, 3.8) is 0 Å². The summed E-state index contributed by atoms with van der Waals surface area (Å²) in [6, 6.07) is 17.3. The molecule has 0 unspecified atom stereocenters. The molecule has 22 heavy (non-hydrogen) atoms. The zero-order valence-corrected chi connectivity index (χ0v) is 13.1. The molecule has 116 valence electrons. The van der Waals surface area contributed by atoms with Crippen LogP contribution in [0.3, 0.4) is 0 Å². The monoisotopic (exact) mass is 296 g/mol. The van der Waals surface area contributed by atoms with Crippen molar-refractivity contribution in [1.82, 2.24) is 5.32 Å². The lowest BCUT2D eigenvalue weighted by Crippen LogP contribution is -2.22. The molecule has 1 atom stereocenters. The van der Waals surface area contributed by atoms with E-state index in [0.717, 1.165) is 25.9 Å². The molecule has 0 aliphatic carbocycles. The Labute approximate surface area is 132 Å². The Bertz CT molecular complexity index is 612. The number of benzene rings is 2. The minimum Gasteiger partial charge on any atom is -0.396 e.